The normalized spacial score (nSPS) is 10.3. The van der Waals surface area contributed by atoms with Crippen LogP contribution >= 0.6 is 0 Å². The fraction of sp³-hybridized carbons (Fsp3) is 0.0385. The van der Waals surface area contributed by atoms with Crippen LogP contribution in [0.15, 0.2) is 97.3 Å². The number of amides is 2. The first-order valence-electron chi connectivity index (χ1n) is 10.7. The van der Waals surface area contributed by atoms with Gasteiger partial charge in [0.05, 0.1) is 4.92 Å². The van der Waals surface area contributed by atoms with Gasteiger partial charge in [0.25, 0.3) is 17.5 Å². The third-order valence-electron chi connectivity index (χ3n) is 5.09. The Kier molecular flexibility index (Phi) is 7.08. The molecule has 0 aliphatic rings. The van der Waals surface area contributed by atoms with Crippen LogP contribution in [0.25, 0.3) is 0 Å². The van der Waals surface area contributed by atoms with E-state index in [1.807, 2.05) is 18.2 Å². The largest absolute Gasteiger partial charge is 0.350 e. The monoisotopic (exact) mass is 467 g/mol. The Bertz CT molecular complexity index is 1360. The first-order chi connectivity index (χ1) is 17.0. The smallest absolute Gasteiger partial charge is 0.293 e. The molecule has 0 aliphatic heterocycles. The maximum atomic E-state index is 12.7. The Balaban J connectivity index is 1.42. The summed E-state index contributed by atoms with van der Waals surface area (Å²) in [4.78, 5) is 40.0. The molecule has 0 atom stereocenters. The molecule has 0 bridgehead atoms. The molecule has 3 N–H and O–H groups in total. The zero-order valence-corrected chi connectivity index (χ0v) is 18.5. The van der Waals surface area contributed by atoms with E-state index < -0.39 is 10.8 Å². The first-order valence-corrected chi connectivity index (χ1v) is 10.7. The van der Waals surface area contributed by atoms with Crippen LogP contribution in [0.2, 0.25) is 0 Å². The van der Waals surface area contributed by atoms with Crippen LogP contribution in [0, 0.1) is 10.1 Å². The number of nitrogens with zero attached hydrogens (tertiary/aromatic N) is 2. The fourth-order valence-electron chi connectivity index (χ4n) is 3.36. The van der Waals surface area contributed by atoms with Crippen molar-refractivity contribution in [2.45, 2.75) is 6.54 Å². The van der Waals surface area contributed by atoms with E-state index in [1.54, 1.807) is 48.5 Å². The summed E-state index contributed by atoms with van der Waals surface area (Å²) >= 11 is 0. The van der Waals surface area contributed by atoms with Crippen molar-refractivity contribution >= 4 is 34.6 Å². The molecule has 1 aromatic heterocycles. The predicted octanol–water partition coefficient (Wildman–Crippen LogP) is 4.92. The molecule has 4 aromatic rings. The Morgan fingerprint density at radius 3 is 2.29 bits per heavy atom. The van der Waals surface area contributed by atoms with Gasteiger partial charge >= 0.3 is 0 Å². The first kappa shape index (κ1) is 23.1. The number of pyridine rings is 1. The van der Waals surface area contributed by atoms with Crippen LogP contribution in [0.5, 0.6) is 0 Å². The minimum atomic E-state index is -0.531. The lowest BCUT2D eigenvalue weighted by Crippen LogP contribution is -2.23. The molecule has 0 saturated carbocycles. The van der Waals surface area contributed by atoms with E-state index in [9.17, 15) is 19.7 Å². The minimum absolute atomic E-state index is 0.164. The predicted molar refractivity (Wildman–Crippen MR) is 133 cm³/mol. The Morgan fingerprint density at radius 2 is 1.54 bits per heavy atom. The van der Waals surface area contributed by atoms with Crippen LogP contribution in [-0.4, -0.2) is 21.7 Å². The lowest BCUT2D eigenvalue weighted by Gasteiger charge is -2.10. The highest BCUT2D eigenvalue weighted by Crippen LogP contribution is 2.28. The van der Waals surface area contributed by atoms with E-state index in [1.165, 1.54) is 30.6 Å². The number of carbonyl (C=O) groups is 2. The van der Waals surface area contributed by atoms with Crippen molar-refractivity contribution in [2.24, 2.45) is 0 Å². The van der Waals surface area contributed by atoms with Gasteiger partial charge in [0.2, 0.25) is 0 Å². The Morgan fingerprint density at radius 1 is 0.800 bits per heavy atom. The molecule has 35 heavy (non-hydrogen) atoms. The molecule has 0 unspecified atom stereocenters. The number of hydrogen-bond acceptors (Lipinski definition) is 6. The van der Waals surface area contributed by atoms with Crippen molar-refractivity contribution < 1.29 is 14.5 Å². The zero-order valence-electron chi connectivity index (χ0n) is 18.5. The average molecular weight is 467 g/mol. The third kappa shape index (κ3) is 6.05. The van der Waals surface area contributed by atoms with Crippen molar-refractivity contribution in [3.05, 3.63) is 124 Å². The second kappa shape index (κ2) is 10.7. The van der Waals surface area contributed by atoms with Gasteiger partial charge in [-0.1, -0.05) is 30.3 Å². The van der Waals surface area contributed by atoms with E-state index in [2.05, 4.69) is 20.9 Å². The molecule has 0 radical (unpaired) electrons. The van der Waals surface area contributed by atoms with Crippen molar-refractivity contribution in [3.8, 4) is 0 Å². The SMILES string of the molecule is O=C(NCc1cccc(NC(=O)c2ccncc2)c1)c1ccc(Nc2ccccc2)c([N+](=O)[O-])c1. The molecule has 0 spiro atoms. The number of aromatic nitrogens is 1. The molecule has 0 fully saturated rings. The van der Waals surface area contributed by atoms with Gasteiger partial charge in [0.1, 0.15) is 5.69 Å². The molecule has 2 amide bonds. The second-order valence-electron chi connectivity index (χ2n) is 7.55. The number of hydrogen-bond donors (Lipinski definition) is 3. The molecule has 9 nitrogen and oxygen atoms in total. The van der Waals surface area contributed by atoms with E-state index in [0.29, 0.717) is 16.9 Å². The molecule has 4 rings (SSSR count). The van der Waals surface area contributed by atoms with Gasteiger partial charge in [-0.3, -0.25) is 24.7 Å². The van der Waals surface area contributed by atoms with Crippen molar-refractivity contribution in [1.82, 2.24) is 10.3 Å². The van der Waals surface area contributed by atoms with E-state index in [0.717, 1.165) is 5.56 Å². The van der Waals surface area contributed by atoms with Gasteiger partial charge in [0.15, 0.2) is 0 Å². The quantitative estimate of drug-likeness (QED) is 0.250. The second-order valence-corrected chi connectivity index (χ2v) is 7.55. The maximum Gasteiger partial charge on any atom is 0.293 e. The number of nitrogens with one attached hydrogen (secondary N) is 3. The molecule has 1 heterocycles. The number of benzene rings is 3. The summed E-state index contributed by atoms with van der Waals surface area (Å²) in [7, 11) is 0. The van der Waals surface area contributed by atoms with Crippen LogP contribution in [0.4, 0.5) is 22.7 Å². The Labute approximate surface area is 201 Å². The standard InChI is InChI=1S/C26H21N5O4/c32-25(20-9-10-23(24(16-20)31(34)35)29-21-6-2-1-3-7-21)28-17-18-5-4-8-22(15-18)30-26(33)19-11-13-27-14-12-19/h1-16,29H,17H2,(H,28,32)(H,30,33). The van der Waals surface area contributed by atoms with Crippen LogP contribution in [0.3, 0.4) is 0 Å². The number of para-hydroxylation sites is 1. The zero-order chi connectivity index (χ0) is 24.6. The summed E-state index contributed by atoms with van der Waals surface area (Å²) in [5.41, 5.74) is 2.75. The van der Waals surface area contributed by atoms with E-state index in [-0.39, 0.29) is 29.4 Å². The average Bonchev–Trinajstić information content (AvgIpc) is 2.88. The van der Waals surface area contributed by atoms with Gasteiger partial charge < -0.3 is 16.0 Å². The highest BCUT2D eigenvalue weighted by atomic mass is 16.6. The number of nitro groups is 1. The summed E-state index contributed by atoms with van der Waals surface area (Å²) in [6.07, 6.45) is 3.07. The highest BCUT2D eigenvalue weighted by molar-refractivity contribution is 6.04. The van der Waals surface area contributed by atoms with E-state index in [4.69, 9.17) is 0 Å². The molecular formula is C26H21N5O4. The summed E-state index contributed by atoms with van der Waals surface area (Å²) in [5, 5.41) is 20.2. The molecular weight excluding hydrogens is 446 g/mol. The van der Waals surface area contributed by atoms with E-state index >= 15 is 0 Å². The minimum Gasteiger partial charge on any atom is -0.350 e. The highest BCUT2D eigenvalue weighted by Gasteiger charge is 2.18. The number of carbonyl (C=O) groups excluding carboxylic acids is 2. The third-order valence-corrected chi connectivity index (χ3v) is 5.09. The molecule has 174 valence electrons. The van der Waals surface area contributed by atoms with Crippen LogP contribution in [-0.2, 0) is 6.54 Å². The summed E-state index contributed by atoms with van der Waals surface area (Å²) in [6.45, 7) is 0.176. The summed E-state index contributed by atoms with van der Waals surface area (Å²) in [5.74, 6) is -0.726. The topological polar surface area (TPSA) is 126 Å². The summed E-state index contributed by atoms with van der Waals surface area (Å²) < 4.78 is 0. The van der Waals surface area contributed by atoms with Crippen molar-refractivity contribution in [3.63, 3.8) is 0 Å². The number of nitro benzene ring substituents is 1. The van der Waals surface area contributed by atoms with Crippen molar-refractivity contribution in [1.29, 1.82) is 0 Å². The lowest BCUT2D eigenvalue weighted by atomic mass is 10.1. The van der Waals surface area contributed by atoms with Crippen molar-refractivity contribution in [2.75, 3.05) is 10.6 Å². The van der Waals surface area contributed by atoms with Gasteiger partial charge in [0, 0.05) is 47.5 Å². The van der Waals surface area contributed by atoms with Gasteiger partial charge in [-0.25, -0.2) is 0 Å². The van der Waals surface area contributed by atoms with Gasteiger partial charge in [-0.2, -0.15) is 0 Å². The molecule has 3 aromatic carbocycles. The maximum absolute atomic E-state index is 12.7. The number of anilines is 3. The molecule has 9 heteroatoms. The Hall–Kier alpha value is -5.05. The lowest BCUT2D eigenvalue weighted by molar-refractivity contribution is -0.383. The van der Waals surface area contributed by atoms with Gasteiger partial charge in [-0.15, -0.1) is 0 Å². The fourth-order valence-corrected chi connectivity index (χ4v) is 3.36. The van der Waals surface area contributed by atoms with Crippen LogP contribution < -0.4 is 16.0 Å². The summed E-state index contributed by atoms with van der Waals surface area (Å²) in [6, 6.07) is 23.6. The molecule has 0 aliphatic carbocycles. The van der Waals surface area contributed by atoms with Gasteiger partial charge in [-0.05, 0) is 54.1 Å². The number of rotatable bonds is 8. The van der Waals surface area contributed by atoms with Crippen LogP contribution in [0.1, 0.15) is 26.3 Å². The molecule has 0 saturated heterocycles.